The second kappa shape index (κ2) is 41.7. The molecule has 0 aliphatic rings. The number of hydrogen-bond acceptors (Lipinski definition) is 8. The highest BCUT2D eigenvalue weighted by Crippen LogP contribution is 2.22. The molecule has 0 radical (unpaired) electrons. The Morgan fingerprint density at radius 2 is 1.02 bits per heavy atom. The summed E-state index contributed by atoms with van der Waals surface area (Å²) in [6.45, 7) is 18.0. The molecule has 342 valence electrons. The second-order valence-electron chi connectivity index (χ2n) is 16.6. The topological polar surface area (TPSA) is 135 Å². The van der Waals surface area contributed by atoms with E-state index >= 15 is 0 Å². The molecule has 0 fully saturated rings. The van der Waals surface area contributed by atoms with E-state index in [0.29, 0.717) is 49.4 Å². The molecule has 0 spiro atoms. The first kappa shape index (κ1) is 56.0. The van der Waals surface area contributed by atoms with Crippen LogP contribution < -0.4 is 15.2 Å². The summed E-state index contributed by atoms with van der Waals surface area (Å²) in [6.07, 6.45) is 32.5. The molecule has 0 aromatic rings. The third-order valence-electron chi connectivity index (χ3n) is 11.3. The number of carbonyl (C=O) groups is 2. The van der Waals surface area contributed by atoms with E-state index in [1.807, 2.05) is 0 Å². The van der Waals surface area contributed by atoms with Gasteiger partial charge in [-0.2, -0.15) is 0 Å². The van der Waals surface area contributed by atoms with Gasteiger partial charge in [-0.05, 0) is 76.4 Å². The zero-order valence-corrected chi connectivity index (χ0v) is 39.3. The Kier molecular flexibility index (Phi) is 40.3. The Morgan fingerprint density at radius 1 is 0.603 bits per heavy atom. The minimum Gasteiger partial charge on any atom is -0.466 e. The molecule has 10 nitrogen and oxygen atoms in total. The second-order valence-corrected chi connectivity index (χ2v) is 17.4. The van der Waals surface area contributed by atoms with Crippen molar-refractivity contribution in [2.75, 3.05) is 46.4 Å². The maximum Gasteiger partial charge on any atom is 0.305 e. The van der Waals surface area contributed by atoms with Gasteiger partial charge < -0.3 is 19.7 Å². The van der Waals surface area contributed by atoms with Gasteiger partial charge in [0, 0.05) is 26.4 Å². The fraction of sp³-hybridized carbons (Fsp3) is 0.894. The molecule has 0 aliphatic carbocycles. The summed E-state index contributed by atoms with van der Waals surface area (Å²) < 4.78 is 25.3. The van der Waals surface area contributed by atoms with E-state index in [1.54, 1.807) is 7.05 Å². The van der Waals surface area contributed by atoms with Gasteiger partial charge in [0.2, 0.25) is 0 Å². The van der Waals surface area contributed by atoms with Crippen molar-refractivity contribution in [1.82, 2.24) is 14.9 Å². The van der Waals surface area contributed by atoms with Crippen molar-refractivity contribution in [3.05, 3.63) is 12.3 Å². The summed E-state index contributed by atoms with van der Waals surface area (Å²) >= 11 is -1.70. The lowest BCUT2D eigenvalue weighted by molar-refractivity contribution is -0.145. The molecule has 0 aromatic heterocycles. The van der Waals surface area contributed by atoms with Crippen LogP contribution in [0.2, 0.25) is 0 Å². The average molecular weight is 840 g/mol. The number of carbonyl (C=O) groups excluding carboxylic acids is 2. The summed E-state index contributed by atoms with van der Waals surface area (Å²) in [7, 11) is 1.61. The Morgan fingerprint density at radius 3 is 1.45 bits per heavy atom. The molecule has 0 amide bonds. The molecule has 1 atom stereocenters. The van der Waals surface area contributed by atoms with Crippen molar-refractivity contribution in [2.24, 2.45) is 22.0 Å². The normalized spacial score (nSPS) is 12.4. The smallest absolute Gasteiger partial charge is 0.305 e. The highest BCUT2D eigenvalue weighted by molar-refractivity contribution is 7.81. The fourth-order valence-corrected chi connectivity index (χ4v) is 8.01. The van der Waals surface area contributed by atoms with E-state index in [-0.39, 0.29) is 11.9 Å². The third-order valence-corrected chi connectivity index (χ3v) is 11.7. The molecule has 4 N–H and O–H groups in total. The zero-order chi connectivity index (χ0) is 42.9. The van der Waals surface area contributed by atoms with Crippen molar-refractivity contribution in [3.8, 4) is 0 Å². The van der Waals surface area contributed by atoms with E-state index in [4.69, 9.17) is 14.6 Å². The predicted octanol–water partition coefficient (Wildman–Crippen LogP) is 11.3. The molecule has 0 heterocycles. The Balaban J connectivity index is 4.52. The van der Waals surface area contributed by atoms with Gasteiger partial charge in [0.1, 0.15) is 0 Å². The van der Waals surface area contributed by atoms with E-state index in [9.17, 15) is 13.8 Å². The molecule has 58 heavy (non-hydrogen) atoms. The van der Waals surface area contributed by atoms with Gasteiger partial charge in [0.25, 0.3) is 0 Å². The maximum absolute atomic E-state index is 12.4. The number of rotatable bonds is 43. The lowest BCUT2D eigenvalue weighted by atomic mass is 9.92. The minimum absolute atomic E-state index is 0.0308. The minimum atomic E-state index is -1.70. The highest BCUT2D eigenvalue weighted by atomic mass is 32.2. The van der Waals surface area contributed by atoms with Gasteiger partial charge in [-0.15, -0.1) is 0 Å². The Labute approximate surface area is 360 Å². The zero-order valence-electron chi connectivity index (χ0n) is 38.5. The predicted molar refractivity (Wildman–Crippen MR) is 248 cm³/mol. The Bertz CT molecular complexity index is 1030. The molecule has 0 bridgehead atoms. The van der Waals surface area contributed by atoms with Crippen LogP contribution in [0.4, 0.5) is 0 Å². The number of amidine groups is 1. The van der Waals surface area contributed by atoms with Crippen LogP contribution in [0, 0.1) is 11.8 Å². The number of nitrogens with one attached hydrogen (secondary N) is 2. The van der Waals surface area contributed by atoms with E-state index in [0.717, 1.165) is 110 Å². The molecule has 0 saturated carbocycles. The highest BCUT2D eigenvalue weighted by Gasteiger charge is 2.13. The molecular formula is C47H93N5O5S. The van der Waals surface area contributed by atoms with E-state index < -0.39 is 11.2 Å². The summed E-state index contributed by atoms with van der Waals surface area (Å²) in [5.41, 5.74) is 0.581. The number of hydrogen-bond donors (Lipinski definition) is 3. The molecule has 0 rings (SSSR count). The van der Waals surface area contributed by atoms with Crippen LogP contribution >= 0.6 is 0 Å². The number of unbranched alkanes of at least 4 members (excludes halogenated alkanes) is 14. The number of ether oxygens (including phenoxy) is 2. The van der Waals surface area contributed by atoms with Gasteiger partial charge in [-0.1, -0.05) is 163 Å². The first-order chi connectivity index (χ1) is 28.2. The SMILES string of the molecule is C=C(NCCCN(CCCCCCCC(=O)OCCC(CCCC)CCCC)CCCCCCCC(=O)OCCC(CCCCC)CCCCC)C(=NC)NS(N)=O. The van der Waals surface area contributed by atoms with Crippen LogP contribution in [0.1, 0.15) is 214 Å². The van der Waals surface area contributed by atoms with Crippen LogP contribution in [-0.2, 0) is 30.2 Å². The number of esters is 2. The van der Waals surface area contributed by atoms with Gasteiger partial charge in [-0.3, -0.25) is 19.3 Å². The van der Waals surface area contributed by atoms with Crippen LogP contribution in [0.25, 0.3) is 0 Å². The summed E-state index contributed by atoms with van der Waals surface area (Å²) in [5.74, 6) is 1.72. The molecule has 0 aromatic carbocycles. The molecule has 11 heteroatoms. The van der Waals surface area contributed by atoms with Crippen LogP contribution in [0.15, 0.2) is 17.3 Å². The van der Waals surface area contributed by atoms with Gasteiger partial charge in [0.05, 0.1) is 18.9 Å². The van der Waals surface area contributed by atoms with Gasteiger partial charge >= 0.3 is 11.9 Å². The largest absolute Gasteiger partial charge is 0.466 e. The summed E-state index contributed by atoms with van der Waals surface area (Å²) in [4.78, 5) is 31.4. The van der Waals surface area contributed by atoms with E-state index in [2.05, 4.69) is 54.2 Å². The lowest BCUT2D eigenvalue weighted by Gasteiger charge is -2.23. The van der Waals surface area contributed by atoms with Crippen molar-refractivity contribution in [2.45, 2.75) is 214 Å². The van der Waals surface area contributed by atoms with Crippen LogP contribution in [-0.4, -0.2) is 73.3 Å². The maximum atomic E-state index is 12.4. The molecule has 0 aliphatic heterocycles. The number of nitrogens with zero attached hydrogens (tertiary/aromatic N) is 2. The monoisotopic (exact) mass is 840 g/mol. The van der Waals surface area contributed by atoms with E-state index in [1.165, 1.54) is 89.9 Å². The summed E-state index contributed by atoms with van der Waals surface area (Å²) in [6, 6.07) is 0. The van der Waals surface area contributed by atoms with Gasteiger partial charge in [0.15, 0.2) is 17.0 Å². The quantitative estimate of drug-likeness (QED) is 0.0241. The lowest BCUT2D eigenvalue weighted by Crippen LogP contribution is -2.36. The van der Waals surface area contributed by atoms with Crippen molar-refractivity contribution in [1.29, 1.82) is 0 Å². The van der Waals surface area contributed by atoms with Crippen molar-refractivity contribution >= 4 is 28.9 Å². The van der Waals surface area contributed by atoms with Crippen molar-refractivity contribution in [3.63, 3.8) is 0 Å². The first-order valence-electron chi connectivity index (χ1n) is 24.1. The Hall–Kier alpha value is -1.98. The summed E-state index contributed by atoms with van der Waals surface area (Å²) in [5, 5.41) is 8.66. The molecular weight excluding hydrogens is 747 g/mol. The number of aliphatic imine (C=N–C) groups is 1. The fourth-order valence-electron chi connectivity index (χ4n) is 7.61. The first-order valence-corrected chi connectivity index (χ1v) is 25.3. The number of nitrogens with two attached hydrogens (primary N) is 1. The average Bonchev–Trinajstić information content (AvgIpc) is 3.20. The van der Waals surface area contributed by atoms with Gasteiger partial charge in [-0.25, -0.2) is 9.35 Å². The molecule has 0 saturated heterocycles. The van der Waals surface area contributed by atoms with Crippen LogP contribution in [0.5, 0.6) is 0 Å². The molecule has 1 unspecified atom stereocenters. The third kappa shape index (κ3) is 35.9. The van der Waals surface area contributed by atoms with Crippen LogP contribution in [0.3, 0.4) is 0 Å². The van der Waals surface area contributed by atoms with Crippen molar-refractivity contribution < 1.29 is 23.3 Å². The standard InChI is InChI=1S/C47H93N5O5S/c1-7-11-21-30-44(31-22-12-8-2)35-41-57-46(54)33-24-18-16-20-26-38-52(39-27-36-50-42(5)47(49-6)51-58(48)55)37-25-19-15-17-23-32-45(53)56-40-34-43(28-13-9-3)29-14-10-4/h43-44,50H,5,7-41,48H2,1-4,6H3,(H,49,51).